The number of nitrogens with one attached hydrogen (secondary N) is 2. The fourth-order valence-electron chi connectivity index (χ4n) is 1.77. The fourth-order valence-corrected chi connectivity index (χ4v) is 2.74. The number of carbonyl (C=O) groups excluding carboxylic acids is 1. The number of nitrogens with zero attached hydrogens (tertiary/aromatic N) is 1. The fraction of sp³-hybridized carbons (Fsp3) is 0.917. The second-order valence-corrected chi connectivity index (χ2v) is 6.02. The van der Waals surface area contributed by atoms with Crippen molar-refractivity contribution in [3.05, 3.63) is 0 Å². The summed E-state index contributed by atoms with van der Waals surface area (Å²) in [6, 6.07) is 0.113. The lowest BCUT2D eigenvalue weighted by Gasteiger charge is -2.26. The highest BCUT2D eigenvalue weighted by Gasteiger charge is 2.14. The van der Waals surface area contributed by atoms with Crippen LogP contribution in [-0.2, 0) is 4.79 Å². The van der Waals surface area contributed by atoms with E-state index < -0.39 is 0 Å². The summed E-state index contributed by atoms with van der Waals surface area (Å²) in [6.07, 6.45) is 0. The Labute approximate surface area is 109 Å². The van der Waals surface area contributed by atoms with E-state index in [0.29, 0.717) is 0 Å². The number of carbonyl (C=O) groups is 1. The molecule has 1 aliphatic rings. The van der Waals surface area contributed by atoms with Crippen LogP contribution in [0.2, 0.25) is 0 Å². The molecule has 17 heavy (non-hydrogen) atoms. The molecule has 0 spiro atoms. The van der Waals surface area contributed by atoms with Crippen LogP contribution >= 0.6 is 11.8 Å². The van der Waals surface area contributed by atoms with E-state index in [1.807, 2.05) is 32.5 Å². The average Bonchev–Trinajstić information content (AvgIpc) is 2.29. The van der Waals surface area contributed by atoms with Gasteiger partial charge in [0, 0.05) is 43.7 Å². The summed E-state index contributed by atoms with van der Waals surface area (Å²) in [4.78, 5) is 14.1. The molecule has 1 atom stereocenters. The first-order valence-electron chi connectivity index (χ1n) is 6.43. The zero-order chi connectivity index (χ0) is 12.7. The van der Waals surface area contributed by atoms with Gasteiger partial charge in [0.15, 0.2) is 0 Å². The lowest BCUT2D eigenvalue weighted by Crippen LogP contribution is -2.47. The molecule has 1 unspecified atom stereocenters. The predicted octanol–water partition coefficient (Wildman–Crippen LogP) is 0.538. The van der Waals surface area contributed by atoms with Gasteiger partial charge in [0.25, 0.3) is 0 Å². The van der Waals surface area contributed by atoms with E-state index >= 15 is 0 Å². The van der Waals surface area contributed by atoms with E-state index in [9.17, 15) is 4.79 Å². The largest absolute Gasteiger partial charge is 0.353 e. The van der Waals surface area contributed by atoms with Gasteiger partial charge in [-0.2, -0.15) is 11.8 Å². The van der Waals surface area contributed by atoms with Gasteiger partial charge in [0.2, 0.25) is 5.91 Å². The van der Waals surface area contributed by atoms with Gasteiger partial charge in [-0.3, -0.25) is 4.79 Å². The van der Waals surface area contributed by atoms with Crippen molar-refractivity contribution in [3.63, 3.8) is 0 Å². The summed E-state index contributed by atoms with van der Waals surface area (Å²) in [5.41, 5.74) is 0. The Kier molecular flexibility index (Phi) is 6.92. The standard InChI is InChI=1S/C12H25N3OS/c1-10(2)14-12(16)11(3)13-4-5-15-6-8-17-9-7-15/h10-11,13H,4-9H2,1-3H3,(H,14,16). The third-order valence-corrected chi connectivity index (χ3v) is 3.75. The lowest BCUT2D eigenvalue weighted by molar-refractivity contribution is -0.123. The quantitative estimate of drug-likeness (QED) is 0.731. The molecule has 1 heterocycles. The molecular formula is C12H25N3OS. The van der Waals surface area contributed by atoms with Crippen LogP contribution in [0.5, 0.6) is 0 Å². The third-order valence-electron chi connectivity index (χ3n) is 2.81. The highest BCUT2D eigenvalue weighted by atomic mass is 32.2. The van der Waals surface area contributed by atoms with Crippen molar-refractivity contribution in [2.24, 2.45) is 0 Å². The molecular weight excluding hydrogens is 234 g/mol. The third kappa shape index (κ3) is 6.29. The molecule has 1 rings (SSSR count). The number of hydrogen-bond donors (Lipinski definition) is 2. The first-order valence-corrected chi connectivity index (χ1v) is 7.59. The molecule has 4 nitrogen and oxygen atoms in total. The zero-order valence-corrected chi connectivity index (χ0v) is 12.0. The van der Waals surface area contributed by atoms with Crippen molar-refractivity contribution < 1.29 is 4.79 Å². The minimum atomic E-state index is -0.100. The van der Waals surface area contributed by atoms with Crippen LogP contribution in [0.15, 0.2) is 0 Å². The molecule has 2 N–H and O–H groups in total. The Hall–Kier alpha value is -0.260. The molecule has 0 aromatic rings. The zero-order valence-electron chi connectivity index (χ0n) is 11.2. The number of hydrogen-bond acceptors (Lipinski definition) is 4. The second kappa shape index (κ2) is 7.95. The van der Waals surface area contributed by atoms with Gasteiger partial charge >= 0.3 is 0 Å². The van der Waals surface area contributed by atoms with Gasteiger partial charge in [0.05, 0.1) is 6.04 Å². The molecule has 1 fully saturated rings. The highest BCUT2D eigenvalue weighted by Crippen LogP contribution is 2.07. The van der Waals surface area contributed by atoms with Gasteiger partial charge in [-0.15, -0.1) is 0 Å². The molecule has 0 saturated carbocycles. The van der Waals surface area contributed by atoms with Crippen LogP contribution in [0.3, 0.4) is 0 Å². The molecule has 1 amide bonds. The maximum Gasteiger partial charge on any atom is 0.237 e. The van der Waals surface area contributed by atoms with E-state index in [0.717, 1.165) is 13.1 Å². The monoisotopic (exact) mass is 259 g/mol. The predicted molar refractivity (Wildman–Crippen MR) is 74.5 cm³/mol. The molecule has 0 aromatic carbocycles. The van der Waals surface area contributed by atoms with Gasteiger partial charge in [-0.25, -0.2) is 0 Å². The number of amides is 1. The highest BCUT2D eigenvalue weighted by molar-refractivity contribution is 7.99. The topological polar surface area (TPSA) is 44.4 Å². The summed E-state index contributed by atoms with van der Waals surface area (Å²) < 4.78 is 0. The van der Waals surface area contributed by atoms with Crippen molar-refractivity contribution in [3.8, 4) is 0 Å². The Bertz CT molecular complexity index is 230. The smallest absolute Gasteiger partial charge is 0.237 e. The number of thioether (sulfide) groups is 1. The first-order chi connectivity index (χ1) is 8.09. The Balaban J connectivity index is 2.10. The Morgan fingerprint density at radius 3 is 2.53 bits per heavy atom. The molecule has 100 valence electrons. The van der Waals surface area contributed by atoms with E-state index in [-0.39, 0.29) is 18.0 Å². The van der Waals surface area contributed by atoms with Crippen molar-refractivity contribution in [2.75, 3.05) is 37.7 Å². The van der Waals surface area contributed by atoms with E-state index in [2.05, 4.69) is 15.5 Å². The van der Waals surface area contributed by atoms with Crippen LogP contribution < -0.4 is 10.6 Å². The summed E-state index contributed by atoms with van der Waals surface area (Å²) in [5, 5.41) is 6.19. The normalized spacial score (nSPS) is 19.3. The molecule has 1 aliphatic heterocycles. The summed E-state index contributed by atoms with van der Waals surface area (Å²) in [7, 11) is 0. The molecule has 0 bridgehead atoms. The average molecular weight is 259 g/mol. The van der Waals surface area contributed by atoms with Crippen LogP contribution in [0.25, 0.3) is 0 Å². The molecule has 0 aliphatic carbocycles. The first kappa shape index (κ1) is 14.8. The minimum absolute atomic E-state index is 0.0919. The summed E-state index contributed by atoms with van der Waals surface area (Å²) >= 11 is 2.02. The second-order valence-electron chi connectivity index (χ2n) is 4.79. The van der Waals surface area contributed by atoms with Crippen molar-refractivity contribution in [1.82, 2.24) is 15.5 Å². The van der Waals surface area contributed by atoms with Gasteiger partial charge in [-0.05, 0) is 20.8 Å². The van der Waals surface area contributed by atoms with E-state index in [1.165, 1.54) is 24.6 Å². The maximum atomic E-state index is 11.6. The van der Waals surface area contributed by atoms with Gasteiger partial charge < -0.3 is 15.5 Å². The van der Waals surface area contributed by atoms with Crippen LogP contribution in [0.1, 0.15) is 20.8 Å². The molecule has 5 heteroatoms. The van der Waals surface area contributed by atoms with Crippen LogP contribution in [0, 0.1) is 0 Å². The van der Waals surface area contributed by atoms with Crippen molar-refractivity contribution in [2.45, 2.75) is 32.9 Å². The molecule has 1 saturated heterocycles. The summed E-state index contributed by atoms with van der Waals surface area (Å²) in [5.74, 6) is 2.57. The lowest BCUT2D eigenvalue weighted by atomic mass is 10.3. The van der Waals surface area contributed by atoms with Crippen molar-refractivity contribution >= 4 is 17.7 Å². The number of rotatable bonds is 6. The van der Waals surface area contributed by atoms with Gasteiger partial charge in [-0.1, -0.05) is 0 Å². The Morgan fingerprint density at radius 2 is 1.94 bits per heavy atom. The Morgan fingerprint density at radius 1 is 1.29 bits per heavy atom. The molecule has 0 aromatic heterocycles. The molecule has 0 radical (unpaired) electrons. The van der Waals surface area contributed by atoms with Crippen LogP contribution in [-0.4, -0.2) is 60.6 Å². The van der Waals surface area contributed by atoms with Crippen molar-refractivity contribution in [1.29, 1.82) is 0 Å². The maximum absolute atomic E-state index is 11.6. The van der Waals surface area contributed by atoms with Crippen LogP contribution in [0.4, 0.5) is 0 Å². The SMILES string of the molecule is CC(C)NC(=O)C(C)NCCN1CCSCC1. The van der Waals surface area contributed by atoms with Gasteiger partial charge in [0.1, 0.15) is 0 Å². The van der Waals surface area contributed by atoms with E-state index in [4.69, 9.17) is 0 Å². The minimum Gasteiger partial charge on any atom is -0.353 e. The van der Waals surface area contributed by atoms with E-state index in [1.54, 1.807) is 0 Å². The summed E-state index contributed by atoms with van der Waals surface area (Å²) in [6.45, 7) is 10.2.